The molecule has 86 valence electrons. The lowest BCUT2D eigenvalue weighted by Gasteiger charge is -1.93. The summed E-state index contributed by atoms with van der Waals surface area (Å²) < 4.78 is 10.8. The summed E-state index contributed by atoms with van der Waals surface area (Å²) >= 11 is 0. The minimum Gasteiger partial charge on any atom is -0.436 e. The molecular weight excluding hydrogens is 228 g/mol. The summed E-state index contributed by atoms with van der Waals surface area (Å²) in [5, 5.41) is 4.72. The summed E-state index contributed by atoms with van der Waals surface area (Å²) in [7, 11) is 0. The Morgan fingerprint density at radius 3 is 2.83 bits per heavy atom. The molecule has 0 fully saturated rings. The molecule has 0 saturated heterocycles. The summed E-state index contributed by atoms with van der Waals surface area (Å²) in [5.74, 6) is 0.592. The van der Waals surface area contributed by atoms with Crippen molar-refractivity contribution < 1.29 is 8.94 Å². The number of oxazole rings is 1. The summed E-state index contributed by atoms with van der Waals surface area (Å²) in [6, 6.07) is 13.5. The average molecular weight is 236 g/mol. The molecule has 4 aromatic rings. The van der Waals surface area contributed by atoms with E-state index in [-0.39, 0.29) is 0 Å². The highest BCUT2D eigenvalue weighted by Crippen LogP contribution is 2.26. The maximum Gasteiger partial charge on any atom is 0.227 e. The lowest BCUT2D eigenvalue weighted by Crippen LogP contribution is -1.76. The molecule has 4 heteroatoms. The van der Waals surface area contributed by atoms with Crippen molar-refractivity contribution in [3.8, 4) is 11.5 Å². The van der Waals surface area contributed by atoms with Gasteiger partial charge in [0.15, 0.2) is 11.2 Å². The Labute approximate surface area is 102 Å². The first-order chi connectivity index (χ1) is 8.90. The highest BCUT2D eigenvalue weighted by atomic mass is 16.5. The van der Waals surface area contributed by atoms with Crippen molar-refractivity contribution >= 4 is 22.1 Å². The maximum atomic E-state index is 5.71. The van der Waals surface area contributed by atoms with Crippen molar-refractivity contribution in [1.82, 2.24) is 10.1 Å². The number of aromatic nitrogens is 2. The largest absolute Gasteiger partial charge is 0.436 e. The highest BCUT2D eigenvalue weighted by molar-refractivity contribution is 5.82. The third kappa shape index (κ3) is 1.32. The molecule has 0 spiro atoms. The van der Waals surface area contributed by atoms with Crippen molar-refractivity contribution in [3.05, 3.63) is 48.7 Å². The van der Waals surface area contributed by atoms with Crippen LogP contribution in [0.2, 0.25) is 0 Å². The van der Waals surface area contributed by atoms with E-state index in [0.717, 1.165) is 27.6 Å². The van der Waals surface area contributed by atoms with Crippen LogP contribution < -0.4 is 0 Å². The molecule has 0 unspecified atom stereocenters. The summed E-state index contributed by atoms with van der Waals surface area (Å²) in [6.45, 7) is 0. The summed E-state index contributed by atoms with van der Waals surface area (Å²) in [5.41, 5.74) is 3.25. The van der Waals surface area contributed by atoms with Gasteiger partial charge in [0.1, 0.15) is 5.52 Å². The second-order valence-corrected chi connectivity index (χ2v) is 4.07. The number of hydrogen-bond donors (Lipinski definition) is 0. The Bertz CT molecular complexity index is 812. The number of para-hydroxylation sites is 2. The molecule has 18 heavy (non-hydrogen) atoms. The van der Waals surface area contributed by atoms with E-state index in [0.29, 0.717) is 5.89 Å². The number of fused-ring (bicyclic) bond motifs is 2. The number of hydrogen-bond acceptors (Lipinski definition) is 4. The van der Waals surface area contributed by atoms with Crippen LogP contribution >= 0.6 is 0 Å². The van der Waals surface area contributed by atoms with Crippen LogP contribution in [0.15, 0.2) is 57.6 Å². The van der Waals surface area contributed by atoms with Gasteiger partial charge in [-0.2, -0.15) is 0 Å². The van der Waals surface area contributed by atoms with E-state index in [4.69, 9.17) is 8.94 Å². The fourth-order valence-corrected chi connectivity index (χ4v) is 1.99. The fourth-order valence-electron chi connectivity index (χ4n) is 1.99. The standard InChI is InChI=1S/C14H8N2O2/c1-2-4-12-11(3-1)16-14(17-12)9-5-6-10-8-15-18-13(10)7-9/h1-8H. The van der Waals surface area contributed by atoms with Crippen molar-refractivity contribution in [2.45, 2.75) is 0 Å². The van der Waals surface area contributed by atoms with Gasteiger partial charge in [0, 0.05) is 10.9 Å². The number of benzene rings is 2. The quantitative estimate of drug-likeness (QED) is 0.506. The first-order valence-corrected chi connectivity index (χ1v) is 5.60. The lowest BCUT2D eigenvalue weighted by atomic mass is 10.2. The normalized spacial score (nSPS) is 11.3. The van der Waals surface area contributed by atoms with Crippen LogP contribution in [0.25, 0.3) is 33.5 Å². The van der Waals surface area contributed by atoms with Crippen LogP contribution in [-0.4, -0.2) is 10.1 Å². The monoisotopic (exact) mass is 236 g/mol. The molecule has 4 rings (SSSR count). The molecule has 4 nitrogen and oxygen atoms in total. The Morgan fingerprint density at radius 2 is 1.89 bits per heavy atom. The second-order valence-electron chi connectivity index (χ2n) is 4.07. The third-order valence-electron chi connectivity index (χ3n) is 2.90. The predicted molar refractivity (Wildman–Crippen MR) is 67.0 cm³/mol. The lowest BCUT2D eigenvalue weighted by molar-refractivity contribution is 0.456. The van der Waals surface area contributed by atoms with E-state index in [1.165, 1.54) is 0 Å². The van der Waals surface area contributed by atoms with Gasteiger partial charge < -0.3 is 8.94 Å². The van der Waals surface area contributed by atoms with Gasteiger partial charge in [0.2, 0.25) is 5.89 Å². The first kappa shape index (κ1) is 9.41. The Balaban J connectivity index is 1.94. The second kappa shape index (κ2) is 3.43. The van der Waals surface area contributed by atoms with Crippen LogP contribution in [0.3, 0.4) is 0 Å². The molecular formula is C14H8N2O2. The van der Waals surface area contributed by atoms with Crippen LogP contribution in [0.4, 0.5) is 0 Å². The van der Waals surface area contributed by atoms with Gasteiger partial charge in [0.05, 0.1) is 6.20 Å². The predicted octanol–water partition coefficient (Wildman–Crippen LogP) is 3.64. The van der Waals surface area contributed by atoms with E-state index in [1.807, 2.05) is 42.5 Å². The highest BCUT2D eigenvalue weighted by Gasteiger charge is 2.09. The van der Waals surface area contributed by atoms with Gasteiger partial charge in [0.25, 0.3) is 0 Å². The van der Waals surface area contributed by atoms with Gasteiger partial charge >= 0.3 is 0 Å². The molecule has 2 aromatic heterocycles. The van der Waals surface area contributed by atoms with E-state index in [2.05, 4.69) is 10.1 Å². The van der Waals surface area contributed by atoms with Crippen molar-refractivity contribution in [3.63, 3.8) is 0 Å². The average Bonchev–Trinajstić information content (AvgIpc) is 3.04. The van der Waals surface area contributed by atoms with Gasteiger partial charge in [-0.05, 0) is 30.3 Å². The molecule has 0 N–H and O–H groups in total. The number of nitrogens with zero attached hydrogens (tertiary/aromatic N) is 2. The van der Waals surface area contributed by atoms with E-state index >= 15 is 0 Å². The zero-order valence-corrected chi connectivity index (χ0v) is 9.33. The molecule has 0 saturated carbocycles. The molecule has 0 atom stereocenters. The van der Waals surface area contributed by atoms with Crippen LogP contribution in [0.5, 0.6) is 0 Å². The van der Waals surface area contributed by atoms with E-state index in [9.17, 15) is 0 Å². The minimum atomic E-state index is 0.592. The number of rotatable bonds is 1. The molecule has 0 aliphatic rings. The van der Waals surface area contributed by atoms with Crippen LogP contribution in [-0.2, 0) is 0 Å². The molecule has 0 aliphatic heterocycles. The van der Waals surface area contributed by atoms with Gasteiger partial charge in [-0.15, -0.1) is 0 Å². The van der Waals surface area contributed by atoms with Crippen molar-refractivity contribution in [2.75, 3.05) is 0 Å². The summed E-state index contributed by atoms with van der Waals surface area (Å²) in [4.78, 5) is 4.45. The molecule has 0 bridgehead atoms. The van der Waals surface area contributed by atoms with Crippen LogP contribution in [0.1, 0.15) is 0 Å². The molecule has 2 aromatic carbocycles. The van der Waals surface area contributed by atoms with Gasteiger partial charge in [-0.1, -0.05) is 17.3 Å². The fraction of sp³-hybridized carbons (Fsp3) is 0. The molecule has 0 radical (unpaired) electrons. The zero-order valence-electron chi connectivity index (χ0n) is 9.33. The SMILES string of the molecule is c1ccc2oc(-c3ccc4cnoc4c3)nc2c1. The van der Waals surface area contributed by atoms with E-state index < -0.39 is 0 Å². The van der Waals surface area contributed by atoms with Crippen molar-refractivity contribution in [2.24, 2.45) is 0 Å². The first-order valence-electron chi connectivity index (χ1n) is 5.60. The Kier molecular flexibility index (Phi) is 1.80. The zero-order chi connectivity index (χ0) is 11.9. The third-order valence-corrected chi connectivity index (χ3v) is 2.90. The van der Waals surface area contributed by atoms with Gasteiger partial charge in [-0.3, -0.25) is 0 Å². The van der Waals surface area contributed by atoms with Crippen LogP contribution in [0, 0.1) is 0 Å². The Morgan fingerprint density at radius 1 is 0.944 bits per heavy atom. The minimum absolute atomic E-state index is 0.592. The topological polar surface area (TPSA) is 52.1 Å². The van der Waals surface area contributed by atoms with Crippen molar-refractivity contribution in [1.29, 1.82) is 0 Å². The molecule has 2 heterocycles. The molecule has 0 amide bonds. The Hall–Kier alpha value is -2.62. The van der Waals surface area contributed by atoms with Gasteiger partial charge in [-0.25, -0.2) is 4.98 Å². The smallest absolute Gasteiger partial charge is 0.227 e. The van der Waals surface area contributed by atoms with E-state index in [1.54, 1.807) is 6.20 Å². The molecule has 0 aliphatic carbocycles. The maximum absolute atomic E-state index is 5.71. The summed E-state index contributed by atoms with van der Waals surface area (Å²) in [6.07, 6.45) is 1.69.